The molecule has 0 aromatic heterocycles. The highest BCUT2D eigenvalue weighted by atomic mass is 19.1. The highest BCUT2D eigenvalue weighted by Crippen LogP contribution is 2.38. The van der Waals surface area contributed by atoms with E-state index in [1.54, 1.807) is 30.1 Å². The van der Waals surface area contributed by atoms with Crippen LogP contribution in [0.1, 0.15) is 24.0 Å². The van der Waals surface area contributed by atoms with Crippen LogP contribution < -0.4 is 5.32 Å². The zero-order valence-electron chi connectivity index (χ0n) is 18.4. The molecule has 2 aliphatic heterocycles. The predicted molar refractivity (Wildman–Crippen MR) is 119 cm³/mol. The van der Waals surface area contributed by atoms with Crippen molar-refractivity contribution in [3.8, 4) is 0 Å². The Bertz CT molecular complexity index is 946. The van der Waals surface area contributed by atoms with Gasteiger partial charge in [0.25, 0.3) is 0 Å². The van der Waals surface area contributed by atoms with E-state index in [1.807, 2.05) is 30.3 Å². The first-order valence-electron chi connectivity index (χ1n) is 11.2. The van der Waals surface area contributed by atoms with Crippen LogP contribution in [0.15, 0.2) is 54.6 Å². The molecule has 2 aromatic rings. The summed E-state index contributed by atoms with van der Waals surface area (Å²) in [5.74, 6) is -0.599. The molecule has 2 amide bonds. The van der Waals surface area contributed by atoms with E-state index >= 15 is 0 Å². The van der Waals surface area contributed by atoms with Gasteiger partial charge in [0.1, 0.15) is 11.9 Å². The number of halogens is 1. The molecule has 2 aromatic carbocycles. The number of nitrogens with one attached hydrogen (secondary N) is 1. The minimum atomic E-state index is -0.960. The third-order valence-electron chi connectivity index (χ3n) is 6.70. The zero-order valence-corrected chi connectivity index (χ0v) is 18.4. The van der Waals surface area contributed by atoms with Gasteiger partial charge in [-0.05, 0) is 24.5 Å². The molecule has 2 heterocycles. The maximum absolute atomic E-state index is 14.8. The number of nitrogens with zero attached hydrogens (tertiary/aromatic N) is 2. The largest absolute Gasteiger partial charge is 0.381 e. The van der Waals surface area contributed by atoms with Gasteiger partial charge < -0.3 is 15.0 Å². The summed E-state index contributed by atoms with van der Waals surface area (Å²) in [5.41, 5.74) is 0.586. The van der Waals surface area contributed by atoms with Crippen LogP contribution in [0, 0.1) is 5.82 Å². The Morgan fingerprint density at radius 2 is 1.75 bits per heavy atom. The minimum Gasteiger partial charge on any atom is -0.381 e. The minimum absolute atomic E-state index is 0.112. The van der Waals surface area contributed by atoms with Gasteiger partial charge in [-0.15, -0.1) is 0 Å². The molecule has 2 fully saturated rings. The van der Waals surface area contributed by atoms with E-state index in [2.05, 4.69) is 10.2 Å². The first kappa shape index (κ1) is 22.4. The van der Waals surface area contributed by atoms with Gasteiger partial charge in [0.15, 0.2) is 0 Å². The van der Waals surface area contributed by atoms with E-state index in [1.165, 1.54) is 6.07 Å². The average Bonchev–Trinajstić information content (AvgIpc) is 2.84. The lowest BCUT2D eigenvalue weighted by Gasteiger charge is -2.45. The van der Waals surface area contributed by atoms with Crippen molar-refractivity contribution in [1.29, 1.82) is 0 Å². The average molecular weight is 440 g/mol. The Kier molecular flexibility index (Phi) is 6.86. The zero-order chi connectivity index (χ0) is 22.6. The summed E-state index contributed by atoms with van der Waals surface area (Å²) in [5, 5.41) is 2.74. The highest BCUT2D eigenvalue weighted by molar-refractivity contribution is 5.90. The normalized spacial score (nSPS) is 21.2. The summed E-state index contributed by atoms with van der Waals surface area (Å²) < 4.78 is 20.3. The number of benzene rings is 2. The van der Waals surface area contributed by atoms with Crippen molar-refractivity contribution in [2.75, 3.05) is 39.9 Å². The first-order chi connectivity index (χ1) is 15.5. The van der Waals surface area contributed by atoms with Crippen molar-refractivity contribution in [3.63, 3.8) is 0 Å². The van der Waals surface area contributed by atoms with Crippen molar-refractivity contribution in [2.24, 2.45) is 0 Å². The third kappa shape index (κ3) is 4.40. The molecule has 0 radical (unpaired) electrons. The predicted octanol–water partition coefficient (Wildman–Crippen LogP) is 2.33. The summed E-state index contributed by atoms with van der Waals surface area (Å²) in [7, 11) is 1.61. The number of carbonyl (C=O) groups excluding carboxylic acids is 2. The summed E-state index contributed by atoms with van der Waals surface area (Å²) in [6.07, 6.45) is 0.864. The van der Waals surface area contributed by atoms with E-state index in [9.17, 15) is 14.0 Å². The van der Waals surface area contributed by atoms with Crippen LogP contribution >= 0.6 is 0 Å². The number of piperazine rings is 1. The Morgan fingerprint density at radius 1 is 1.06 bits per heavy atom. The van der Waals surface area contributed by atoms with Crippen LogP contribution in [0.2, 0.25) is 0 Å². The standard InChI is InChI=1S/C25H30FN3O3/c1-27-23(30)22-18-29(14-13-28(22)17-19-7-3-2-4-8-19)24(31)25(11-15-32-16-12-25)20-9-5-6-10-21(20)26/h2-10,22H,11-18H2,1H3,(H,27,30)/t22-/m0/s1. The molecule has 0 unspecified atom stereocenters. The fourth-order valence-corrected chi connectivity index (χ4v) is 4.90. The monoisotopic (exact) mass is 439 g/mol. The molecule has 0 saturated carbocycles. The molecule has 1 atom stereocenters. The van der Waals surface area contributed by atoms with Gasteiger partial charge in [-0.25, -0.2) is 4.39 Å². The second kappa shape index (κ2) is 9.79. The lowest BCUT2D eigenvalue weighted by molar-refractivity contribution is -0.146. The van der Waals surface area contributed by atoms with Crippen molar-refractivity contribution >= 4 is 11.8 Å². The molecule has 2 aliphatic rings. The van der Waals surface area contributed by atoms with Gasteiger partial charge in [0.05, 0.1) is 5.41 Å². The van der Waals surface area contributed by atoms with E-state index in [0.717, 1.165) is 5.56 Å². The summed E-state index contributed by atoms with van der Waals surface area (Å²) in [6.45, 7) is 2.80. The molecule has 7 heteroatoms. The molecule has 6 nitrogen and oxygen atoms in total. The molecular formula is C25H30FN3O3. The van der Waals surface area contributed by atoms with Crippen molar-refractivity contribution in [3.05, 3.63) is 71.5 Å². The number of carbonyl (C=O) groups is 2. The van der Waals surface area contributed by atoms with Gasteiger partial charge in [-0.1, -0.05) is 48.5 Å². The van der Waals surface area contributed by atoms with Gasteiger partial charge >= 0.3 is 0 Å². The number of ether oxygens (including phenoxy) is 1. The smallest absolute Gasteiger partial charge is 0.238 e. The van der Waals surface area contributed by atoms with Crippen LogP contribution in [-0.2, 0) is 26.3 Å². The Balaban J connectivity index is 1.59. The van der Waals surface area contributed by atoms with Crippen LogP contribution in [0.25, 0.3) is 0 Å². The fraction of sp³-hybridized carbons (Fsp3) is 0.440. The van der Waals surface area contributed by atoms with Crippen LogP contribution in [0.4, 0.5) is 4.39 Å². The summed E-state index contributed by atoms with van der Waals surface area (Å²) >= 11 is 0. The Labute approximate surface area is 188 Å². The van der Waals surface area contributed by atoms with Crippen LogP contribution in [-0.4, -0.2) is 67.6 Å². The molecule has 4 rings (SSSR count). The van der Waals surface area contributed by atoms with Crippen LogP contribution in [0.5, 0.6) is 0 Å². The van der Waals surface area contributed by atoms with E-state index in [0.29, 0.717) is 51.3 Å². The number of amides is 2. The van der Waals surface area contributed by atoms with Gasteiger partial charge in [0.2, 0.25) is 11.8 Å². The maximum atomic E-state index is 14.8. The molecule has 1 N–H and O–H groups in total. The van der Waals surface area contributed by atoms with Crippen molar-refractivity contribution in [1.82, 2.24) is 15.1 Å². The maximum Gasteiger partial charge on any atom is 0.238 e. The quantitative estimate of drug-likeness (QED) is 0.777. The Hall–Kier alpha value is -2.77. The van der Waals surface area contributed by atoms with Gasteiger partial charge in [-0.2, -0.15) is 0 Å². The Morgan fingerprint density at radius 3 is 2.44 bits per heavy atom. The molecular weight excluding hydrogens is 409 g/mol. The first-order valence-corrected chi connectivity index (χ1v) is 11.2. The molecule has 0 spiro atoms. The number of rotatable bonds is 5. The van der Waals surface area contributed by atoms with Gasteiger partial charge in [-0.3, -0.25) is 14.5 Å². The lowest BCUT2D eigenvalue weighted by Crippen LogP contribution is -2.62. The number of likely N-dealkylation sites (N-methyl/N-ethyl adjacent to an activating group) is 1. The highest BCUT2D eigenvalue weighted by Gasteiger charge is 2.47. The second-order valence-electron chi connectivity index (χ2n) is 8.51. The SMILES string of the molecule is CNC(=O)[C@@H]1CN(C(=O)C2(c3ccccc3F)CCOCC2)CCN1Cc1ccccc1. The summed E-state index contributed by atoms with van der Waals surface area (Å²) in [4.78, 5) is 30.5. The third-order valence-corrected chi connectivity index (χ3v) is 6.70. The molecule has 170 valence electrons. The molecule has 2 saturated heterocycles. The fourth-order valence-electron chi connectivity index (χ4n) is 4.90. The van der Waals surface area contributed by atoms with E-state index in [-0.39, 0.29) is 24.2 Å². The lowest BCUT2D eigenvalue weighted by atomic mass is 9.72. The van der Waals surface area contributed by atoms with Crippen LogP contribution in [0.3, 0.4) is 0 Å². The topological polar surface area (TPSA) is 61.9 Å². The van der Waals surface area contributed by atoms with Crippen molar-refractivity contribution < 1.29 is 18.7 Å². The van der Waals surface area contributed by atoms with Gasteiger partial charge in [0, 0.05) is 52.0 Å². The molecule has 0 aliphatic carbocycles. The number of hydrogen-bond acceptors (Lipinski definition) is 4. The van der Waals surface area contributed by atoms with Crippen molar-refractivity contribution in [2.45, 2.75) is 30.8 Å². The molecule has 0 bridgehead atoms. The van der Waals surface area contributed by atoms with E-state index in [4.69, 9.17) is 4.74 Å². The molecule has 32 heavy (non-hydrogen) atoms. The second-order valence-corrected chi connectivity index (χ2v) is 8.51. The van der Waals surface area contributed by atoms with E-state index < -0.39 is 11.5 Å². The summed E-state index contributed by atoms with van der Waals surface area (Å²) in [6, 6.07) is 16.1. The number of hydrogen-bond donors (Lipinski definition) is 1.